The Morgan fingerprint density at radius 1 is 1.09 bits per heavy atom. The minimum atomic E-state index is -0.132. The Bertz CT molecular complexity index is 825. The molecule has 3 rings (SSSR count). The minimum Gasteiger partial charge on any atom is -0.300 e. The van der Waals surface area contributed by atoms with Crippen molar-refractivity contribution in [1.29, 1.82) is 0 Å². The van der Waals surface area contributed by atoms with Gasteiger partial charge in [0.2, 0.25) is 0 Å². The molecule has 0 radical (unpaired) electrons. The van der Waals surface area contributed by atoms with Crippen molar-refractivity contribution < 1.29 is 4.79 Å². The van der Waals surface area contributed by atoms with Gasteiger partial charge in [0.05, 0.1) is 10.6 Å². The maximum absolute atomic E-state index is 12.1. The Hall–Kier alpha value is -2.04. The first-order valence-electron chi connectivity index (χ1n) is 7.14. The molecule has 1 N–H and O–H groups in total. The second-order valence-electron chi connectivity index (χ2n) is 5.30. The molecule has 1 heterocycles. The van der Waals surface area contributed by atoms with Crippen LogP contribution < -0.4 is 5.32 Å². The van der Waals surface area contributed by atoms with E-state index < -0.39 is 0 Å². The molecule has 0 aliphatic carbocycles. The smallest absolute Gasteiger partial charge is 0.264 e. The zero-order chi connectivity index (χ0) is 16.4. The Balaban J connectivity index is 1.82. The molecule has 1 amide bonds. The first-order chi connectivity index (χ1) is 11.0. The van der Waals surface area contributed by atoms with Crippen LogP contribution in [0.4, 0.5) is 5.69 Å². The number of hydrogen-bond acceptors (Lipinski definition) is 3. The highest BCUT2D eigenvalue weighted by atomic mass is 35.5. The van der Waals surface area contributed by atoms with Gasteiger partial charge in [0.15, 0.2) is 5.17 Å². The summed E-state index contributed by atoms with van der Waals surface area (Å²) in [6.45, 7) is 4.11. The van der Waals surface area contributed by atoms with E-state index in [2.05, 4.69) is 17.2 Å². The third-order valence-electron chi connectivity index (χ3n) is 3.54. The lowest BCUT2D eigenvalue weighted by Crippen LogP contribution is -2.19. The number of aryl methyl sites for hydroxylation is 2. The van der Waals surface area contributed by atoms with E-state index in [1.165, 1.54) is 22.9 Å². The van der Waals surface area contributed by atoms with E-state index in [9.17, 15) is 4.79 Å². The standard InChI is InChI=1S/C18H15ClN2OS/c1-11-3-8-15(9-12(11)2)20-18-21-17(22)16(23-18)10-13-4-6-14(19)7-5-13/h3-10H,1-2H3,(H,20,21,22)/b16-10-. The van der Waals surface area contributed by atoms with Gasteiger partial charge in [-0.25, -0.2) is 4.99 Å². The molecule has 0 spiro atoms. The van der Waals surface area contributed by atoms with E-state index in [0.29, 0.717) is 15.1 Å². The van der Waals surface area contributed by atoms with Gasteiger partial charge in [0, 0.05) is 5.02 Å². The summed E-state index contributed by atoms with van der Waals surface area (Å²) in [7, 11) is 0. The fraction of sp³-hybridized carbons (Fsp3) is 0.111. The minimum absolute atomic E-state index is 0.132. The Morgan fingerprint density at radius 3 is 2.52 bits per heavy atom. The Morgan fingerprint density at radius 2 is 1.83 bits per heavy atom. The van der Waals surface area contributed by atoms with Crippen LogP contribution in [0.5, 0.6) is 0 Å². The number of nitrogens with one attached hydrogen (secondary N) is 1. The summed E-state index contributed by atoms with van der Waals surface area (Å²) in [6.07, 6.45) is 1.83. The van der Waals surface area contributed by atoms with Gasteiger partial charge >= 0.3 is 0 Å². The molecule has 1 saturated heterocycles. The number of carbonyl (C=O) groups excluding carboxylic acids is 1. The molecule has 1 aliphatic heterocycles. The van der Waals surface area contributed by atoms with Crippen LogP contribution in [-0.4, -0.2) is 11.1 Å². The number of amidine groups is 1. The van der Waals surface area contributed by atoms with Gasteiger partial charge in [-0.3, -0.25) is 4.79 Å². The molecule has 1 fully saturated rings. The predicted octanol–water partition coefficient (Wildman–Crippen LogP) is 4.85. The van der Waals surface area contributed by atoms with Crippen molar-refractivity contribution in [2.75, 3.05) is 0 Å². The maximum atomic E-state index is 12.1. The molecule has 0 bridgehead atoms. The molecular formula is C18H15ClN2OS. The van der Waals surface area contributed by atoms with Gasteiger partial charge in [0.25, 0.3) is 5.91 Å². The zero-order valence-corrected chi connectivity index (χ0v) is 14.3. The maximum Gasteiger partial charge on any atom is 0.264 e. The van der Waals surface area contributed by atoms with E-state index in [4.69, 9.17) is 11.6 Å². The third kappa shape index (κ3) is 3.84. The van der Waals surface area contributed by atoms with Crippen LogP contribution in [0.25, 0.3) is 6.08 Å². The van der Waals surface area contributed by atoms with Gasteiger partial charge in [0.1, 0.15) is 0 Å². The summed E-state index contributed by atoms with van der Waals surface area (Å²) < 4.78 is 0. The summed E-state index contributed by atoms with van der Waals surface area (Å²) in [5, 5.41) is 4.07. The van der Waals surface area contributed by atoms with Crippen molar-refractivity contribution in [3.05, 3.63) is 69.1 Å². The van der Waals surface area contributed by atoms with Crippen LogP contribution in [0.1, 0.15) is 16.7 Å². The number of nitrogens with zero attached hydrogens (tertiary/aromatic N) is 1. The number of benzene rings is 2. The van der Waals surface area contributed by atoms with Crippen LogP contribution >= 0.6 is 23.4 Å². The highest BCUT2D eigenvalue weighted by Gasteiger charge is 2.23. The van der Waals surface area contributed by atoms with Crippen molar-refractivity contribution in [2.45, 2.75) is 13.8 Å². The lowest BCUT2D eigenvalue weighted by molar-refractivity contribution is -0.115. The number of halogens is 1. The molecule has 2 aromatic rings. The fourth-order valence-electron chi connectivity index (χ4n) is 2.10. The van der Waals surface area contributed by atoms with Crippen molar-refractivity contribution >= 4 is 46.2 Å². The number of carbonyl (C=O) groups is 1. The molecule has 0 unspecified atom stereocenters. The number of hydrogen-bond donors (Lipinski definition) is 1. The highest BCUT2D eigenvalue weighted by molar-refractivity contribution is 8.18. The average molecular weight is 343 g/mol. The largest absolute Gasteiger partial charge is 0.300 e. The number of rotatable bonds is 2. The second kappa shape index (κ2) is 6.60. The van der Waals surface area contributed by atoms with Crippen molar-refractivity contribution in [3.63, 3.8) is 0 Å². The van der Waals surface area contributed by atoms with Crippen LogP contribution in [0.2, 0.25) is 5.02 Å². The van der Waals surface area contributed by atoms with E-state index >= 15 is 0 Å². The van der Waals surface area contributed by atoms with Gasteiger partial charge in [-0.15, -0.1) is 0 Å². The Kier molecular flexibility index (Phi) is 4.55. The summed E-state index contributed by atoms with van der Waals surface area (Å²) >= 11 is 7.21. The molecule has 0 aromatic heterocycles. The van der Waals surface area contributed by atoms with Gasteiger partial charge < -0.3 is 5.32 Å². The van der Waals surface area contributed by atoms with Gasteiger partial charge in [-0.2, -0.15) is 0 Å². The summed E-state index contributed by atoms with van der Waals surface area (Å²) in [5.74, 6) is -0.132. The second-order valence-corrected chi connectivity index (χ2v) is 6.77. The van der Waals surface area contributed by atoms with Crippen LogP contribution in [0, 0.1) is 13.8 Å². The lowest BCUT2D eigenvalue weighted by atomic mass is 10.1. The molecule has 3 nitrogen and oxygen atoms in total. The molecule has 2 aromatic carbocycles. The van der Waals surface area contributed by atoms with Gasteiger partial charge in [-0.05, 0) is 72.6 Å². The molecule has 0 saturated carbocycles. The van der Waals surface area contributed by atoms with Crippen molar-refractivity contribution in [1.82, 2.24) is 5.32 Å². The van der Waals surface area contributed by atoms with Crippen LogP contribution in [-0.2, 0) is 4.79 Å². The van der Waals surface area contributed by atoms with Gasteiger partial charge in [-0.1, -0.05) is 29.8 Å². The molecular weight excluding hydrogens is 328 g/mol. The fourth-order valence-corrected chi connectivity index (χ4v) is 3.07. The molecule has 23 heavy (non-hydrogen) atoms. The van der Waals surface area contributed by atoms with Crippen LogP contribution in [0.3, 0.4) is 0 Å². The highest BCUT2D eigenvalue weighted by Crippen LogP contribution is 2.28. The predicted molar refractivity (Wildman–Crippen MR) is 98.2 cm³/mol. The first-order valence-corrected chi connectivity index (χ1v) is 8.33. The molecule has 0 atom stereocenters. The topological polar surface area (TPSA) is 41.5 Å². The summed E-state index contributed by atoms with van der Waals surface area (Å²) in [6, 6.07) is 13.3. The van der Waals surface area contributed by atoms with Crippen LogP contribution in [0.15, 0.2) is 52.4 Å². The molecule has 116 valence electrons. The average Bonchev–Trinajstić information content (AvgIpc) is 2.85. The first kappa shape index (κ1) is 15.8. The number of thioether (sulfide) groups is 1. The van der Waals surface area contributed by atoms with E-state index in [-0.39, 0.29) is 5.91 Å². The van der Waals surface area contributed by atoms with Crippen molar-refractivity contribution in [3.8, 4) is 0 Å². The van der Waals surface area contributed by atoms with E-state index in [1.807, 2.05) is 43.3 Å². The summed E-state index contributed by atoms with van der Waals surface area (Å²) in [5.41, 5.74) is 4.17. The lowest BCUT2D eigenvalue weighted by Gasteiger charge is -2.01. The number of aliphatic imine (C=N–C) groups is 1. The number of amides is 1. The Labute approximate surface area is 144 Å². The molecule has 5 heteroatoms. The normalized spacial score (nSPS) is 17.8. The monoisotopic (exact) mass is 342 g/mol. The van der Waals surface area contributed by atoms with E-state index in [0.717, 1.165) is 11.3 Å². The molecule has 1 aliphatic rings. The van der Waals surface area contributed by atoms with Crippen molar-refractivity contribution in [2.24, 2.45) is 4.99 Å². The third-order valence-corrected chi connectivity index (χ3v) is 4.70. The summed E-state index contributed by atoms with van der Waals surface area (Å²) in [4.78, 5) is 17.2. The quantitative estimate of drug-likeness (QED) is 0.793. The SMILES string of the molecule is Cc1ccc(N=C2NC(=O)/C(=C/c3ccc(Cl)cc3)S2)cc1C. The van der Waals surface area contributed by atoms with E-state index in [1.54, 1.807) is 12.1 Å². The zero-order valence-electron chi connectivity index (χ0n) is 12.8.